The lowest BCUT2D eigenvalue weighted by atomic mass is 9.98. The van der Waals surface area contributed by atoms with Gasteiger partial charge in [0.2, 0.25) is 0 Å². The molecule has 1 aromatic carbocycles. The van der Waals surface area contributed by atoms with Gasteiger partial charge in [-0.2, -0.15) is 0 Å². The fraction of sp³-hybridized carbons (Fsp3) is 0.647. The van der Waals surface area contributed by atoms with Crippen molar-refractivity contribution in [1.29, 1.82) is 0 Å². The smallest absolute Gasteiger partial charge is 0.119 e. The summed E-state index contributed by atoms with van der Waals surface area (Å²) in [5.74, 6) is 1.85. The van der Waals surface area contributed by atoms with E-state index in [-0.39, 0.29) is 0 Å². The molecule has 0 saturated carbocycles. The van der Waals surface area contributed by atoms with E-state index in [1.54, 1.807) is 0 Å². The number of nitrogens with zero attached hydrogens (tertiary/aromatic N) is 1. The van der Waals surface area contributed by atoms with Crippen molar-refractivity contribution >= 4 is 0 Å². The number of ether oxygens (including phenoxy) is 1. The van der Waals surface area contributed by atoms with E-state index in [2.05, 4.69) is 41.4 Å². The number of nitrogens with one attached hydrogen (secondary N) is 1. The van der Waals surface area contributed by atoms with E-state index in [1.165, 1.54) is 31.5 Å². The van der Waals surface area contributed by atoms with Gasteiger partial charge in [0.25, 0.3) is 0 Å². The fourth-order valence-corrected chi connectivity index (χ4v) is 2.83. The first-order chi connectivity index (χ1) is 9.72. The van der Waals surface area contributed by atoms with Crippen molar-refractivity contribution in [2.24, 2.45) is 5.92 Å². The molecule has 1 fully saturated rings. The van der Waals surface area contributed by atoms with Crippen LogP contribution in [-0.4, -0.2) is 38.2 Å². The Morgan fingerprint density at radius 1 is 1.25 bits per heavy atom. The number of rotatable bonds is 6. The molecule has 1 heterocycles. The Kier molecular flexibility index (Phi) is 5.86. The largest absolute Gasteiger partial charge is 0.494 e. The van der Waals surface area contributed by atoms with Crippen molar-refractivity contribution in [2.45, 2.75) is 32.7 Å². The Bertz CT molecular complexity index is 382. The van der Waals surface area contributed by atoms with E-state index < -0.39 is 0 Å². The van der Waals surface area contributed by atoms with Gasteiger partial charge in [-0.15, -0.1) is 0 Å². The molecule has 20 heavy (non-hydrogen) atoms. The molecule has 0 aromatic heterocycles. The molecular weight excluding hydrogens is 248 g/mol. The summed E-state index contributed by atoms with van der Waals surface area (Å²) in [5, 5.41) is 3.45. The predicted molar refractivity (Wildman–Crippen MR) is 84.2 cm³/mol. The zero-order valence-corrected chi connectivity index (χ0v) is 13.1. The topological polar surface area (TPSA) is 24.5 Å². The van der Waals surface area contributed by atoms with Crippen molar-refractivity contribution in [1.82, 2.24) is 10.2 Å². The van der Waals surface area contributed by atoms with Gasteiger partial charge in [-0.1, -0.05) is 19.1 Å². The molecule has 0 spiro atoms. The second-order valence-corrected chi connectivity index (χ2v) is 5.83. The first-order valence-electron chi connectivity index (χ1n) is 7.85. The van der Waals surface area contributed by atoms with Crippen molar-refractivity contribution in [3.8, 4) is 5.75 Å². The number of hydrogen-bond donors (Lipinski definition) is 1. The van der Waals surface area contributed by atoms with E-state index in [1.807, 2.05) is 14.0 Å². The first kappa shape index (κ1) is 15.3. The summed E-state index contributed by atoms with van der Waals surface area (Å²) in [6.07, 6.45) is 2.67. The van der Waals surface area contributed by atoms with Crippen LogP contribution in [0.2, 0.25) is 0 Å². The second kappa shape index (κ2) is 7.65. The highest BCUT2D eigenvalue weighted by atomic mass is 16.5. The molecule has 1 aliphatic rings. The lowest BCUT2D eigenvalue weighted by Crippen LogP contribution is -2.38. The van der Waals surface area contributed by atoms with Crippen molar-refractivity contribution in [3.05, 3.63) is 29.8 Å². The van der Waals surface area contributed by atoms with Crippen LogP contribution in [0.3, 0.4) is 0 Å². The molecule has 1 unspecified atom stereocenters. The van der Waals surface area contributed by atoms with E-state index >= 15 is 0 Å². The summed E-state index contributed by atoms with van der Waals surface area (Å²) >= 11 is 0. The third-order valence-corrected chi connectivity index (χ3v) is 4.26. The van der Waals surface area contributed by atoms with E-state index in [4.69, 9.17) is 4.74 Å². The number of likely N-dealkylation sites (tertiary alicyclic amines) is 1. The fourth-order valence-electron chi connectivity index (χ4n) is 2.83. The van der Waals surface area contributed by atoms with Crippen LogP contribution in [0, 0.1) is 5.92 Å². The standard InChI is InChI=1S/C17H28N2O/c1-4-20-16-7-5-15(6-8-16)17(18-3)13-19-11-9-14(2)10-12-19/h5-8,14,17-18H,4,9-13H2,1-3H3. The maximum Gasteiger partial charge on any atom is 0.119 e. The van der Waals surface area contributed by atoms with Crippen molar-refractivity contribution < 1.29 is 4.74 Å². The molecule has 1 aromatic rings. The van der Waals surface area contributed by atoms with Gasteiger partial charge in [0.05, 0.1) is 6.61 Å². The number of hydrogen-bond acceptors (Lipinski definition) is 3. The summed E-state index contributed by atoms with van der Waals surface area (Å²) in [5.41, 5.74) is 1.34. The van der Waals surface area contributed by atoms with Crippen LogP contribution >= 0.6 is 0 Å². The summed E-state index contributed by atoms with van der Waals surface area (Å²) in [4.78, 5) is 2.58. The minimum Gasteiger partial charge on any atom is -0.494 e. The minimum atomic E-state index is 0.402. The Morgan fingerprint density at radius 3 is 2.45 bits per heavy atom. The number of benzene rings is 1. The zero-order chi connectivity index (χ0) is 14.4. The van der Waals surface area contributed by atoms with Gasteiger partial charge >= 0.3 is 0 Å². The quantitative estimate of drug-likeness (QED) is 0.864. The molecule has 112 valence electrons. The predicted octanol–water partition coefficient (Wildman–Crippen LogP) is 3.08. The highest BCUT2D eigenvalue weighted by Gasteiger charge is 2.19. The molecule has 1 saturated heterocycles. The SMILES string of the molecule is CCOc1ccc(C(CN2CCC(C)CC2)NC)cc1. The molecule has 0 bridgehead atoms. The van der Waals surface area contributed by atoms with Crippen molar-refractivity contribution in [2.75, 3.05) is 33.3 Å². The van der Waals surface area contributed by atoms with Crippen LogP contribution in [0.4, 0.5) is 0 Å². The molecule has 0 radical (unpaired) electrons. The second-order valence-electron chi connectivity index (χ2n) is 5.83. The molecule has 3 heteroatoms. The third kappa shape index (κ3) is 4.22. The van der Waals surface area contributed by atoms with Gasteiger partial charge < -0.3 is 15.0 Å². The van der Waals surface area contributed by atoms with Gasteiger partial charge in [0.1, 0.15) is 5.75 Å². The minimum absolute atomic E-state index is 0.402. The third-order valence-electron chi connectivity index (χ3n) is 4.26. The monoisotopic (exact) mass is 276 g/mol. The summed E-state index contributed by atoms with van der Waals surface area (Å²) < 4.78 is 5.51. The maximum absolute atomic E-state index is 5.51. The van der Waals surface area contributed by atoms with Crippen LogP contribution in [-0.2, 0) is 0 Å². The molecule has 1 N–H and O–H groups in total. The molecule has 1 aliphatic heterocycles. The van der Waals surface area contributed by atoms with E-state index in [9.17, 15) is 0 Å². The zero-order valence-electron chi connectivity index (χ0n) is 13.1. The van der Waals surface area contributed by atoms with Gasteiger partial charge in [0, 0.05) is 12.6 Å². The molecule has 0 aliphatic carbocycles. The summed E-state index contributed by atoms with van der Waals surface area (Å²) in [6.45, 7) is 8.66. The summed E-state index contributed by atoms with van der Waals surface area (Å²) in [7, 11) is 2.05. The lowest BCUT2D eigenvalue weighted by Gasteiger charge is -2.33. The number of piperidine rings is 1. The van der Waals surface area contributed by atoms with Gasteiger partial charge in [-0.3, -0.25) is 0 Å². The molecule has 3 nitrogen and oxygen atoms in total. The average Bonchev–Trinajstić information content (AvgIpc) is 2.48. The van der Waals surface area contributed by atoms with Crippen LogP contribution in [0.15, 0.2) is 24.3 Å². The highest BCUT2D eigenvalue weighted by molar-refractivity contribution is 5.29. The van der Waals surface area contributed by atoms with Crippen LogP contribution in [0.5, 0.6) is 5.75 Å². The van der Waals surface area contributed by atoms with Crippen molar-refractivity contribution in [3.63, 3.8) is 0 Å². The van der Waals surface area contributed by atoms with Gasteiger partial charge in [-0.25, -0.2) is 0 Å². The Balaban J connectivity index is 1.93. The van der Waals surface area contributed by atoms with Gasteiger partial charge in [-0.05, 0) is 63.5 Å². The molecule has 0 amide bonds. The van der Waals surface area contributed by atoms with E-state index in [0.29, 0.717) is 6.04 Å². The molecular formula is C17H28N2O. The number of likely N-dealkylation sites (N-methyl/N-ethyl adjacent to an activating group) is 1. The Labute approximate surface area is 123 Å². The van der Waals surface area contributed by atoms with Crippen LogP contribution in [0.25, 0.3) is 0 Å². The highest BCUT2D eigenvalue weighted by Crippen LogP contribution is 2.22. The van der Waals surface area contributed by atoms with Crippen LogP contribution in [0.1, 0.15) is 38.3 Å². The molecule has 2 rings (SSSR count). The molecule has 1 atom stereocenters. The Morgan fingerprint density at radius 2 is 1.90 bits per heavy atom. The van der Waals surface area contributed by atoms with E-state index in [0.717, 1.165) is 24.8 Å². The lowest BCUT2D eigenvalue weighted by molar-refractivity contribution is 0.177. The summed E-state index contributed by atoms with van der Waals surface area (Å²) in [6, 6.07) is 8.90. The van der Waals surface area contributed by atoms with Gasteiger partial charge in [0.15, 0.2) is 0 Å². The average molecular weight is 276 g/mol. The normalized spacial score (nSPS) is 18.9. The maximum atomic E-state index is 5.51. The Hall–Kier alpha value is -1.06. The van der Waals surface area contributed by atoms with Crippen LogP contribution < -0.4 is 10.1 Å². The first-order valence-corrected chi connectivity index (χ1v) is 7.85.